The molecule has 1 aromatic carbocycles. The molecule has 2 N–H and O–H groups in total. The number of carbonyl (C=O) groups is 2. The fourth-order valence-corrected chi connectivity index (χ4v) is 4.20. The van der Waals surface area contributed by atoms with Gasteiger partial charge in [0, 0.05) is 33.7 Å². The highest BCUT2D eigenvalue weighted by molar-refractivity contribution is 7.86. The Labute approximate surface area is 167 Å². The Balaban J connectivity index is 2.10. The fraction of sp³-hybridized carbons (Fsp3) is 0.579. The van der Waals surface area contributed by atoms with Crippen LogP contribution < -0.4 is 10.6 Å². The Morgan fingerprint density at radius 3 is 2.57 bits per heavy atom. The average Bonchev–Trinajstić information content (AvgIpc) is 2.66. The lowest BCUT2D eigenvalue weighted by molar-refractivity contribution is -0.120. The van der Waals surface area contributed by atoms with Gasteiger partial charge < -0.3 is 10.6 Å². The van der Waals surface area contributed by atoms with E-state index in [1.807, 2.05) is 13.8 Å². The summed E-state index contributed by atoms with van der Waals surface area (Å²) in [4.78, 5) is 25.2. The monoisotopic (exact) mass is 410 g/mol. The molecule has 0 aromatic heterocycles. The van der Waals surface area contributed by atoms with Crippen molar-refractivity contribution in [2.24, 2.45) is 11.8 Å². The van der Waals surface area contributed by atoms with Crippen molar-refractivity contribution in [2.45, 2.75) is 26.7 Å². The number of piperidine rings is 1. The molecule has 8 nitrogen and oxygen atoms in total. The van der Waals surface area contributed by atoms with Crippen molar-refractivity contribution in [3.8, 4) is 0 Å². The highest BCUT2D eigenvalue weighted by Gasteiger charge is 2.33. The van der Waals surface area contributed by atoms with Gasteiger partial charge in [-0.05, 0) is 30.9 Å². The van der Waals surface area contributed by atoms with Gasteiger partial charge in [0.1, 0.15) is 0 Å². The minimum Gasteiger partial charge on any atom is -0.352 e. The van der Waals surface area contributed by atoms with Crippen LogP contribution in [0.25, 0.3) is 0 Å². The molecule has 1 atom stereocenters. The maximum atomic E-state index is 12.8. The summed E-state index contributed by atoms with van der Waals surface area (Å²) in [6, 6.07) is 6.83. The van der Waals surface area contributed by atoms with E-state index >= 15 is 0 Å². The first-order valence-electron chi connectivity index (χ1n) is 9.48. The molecule has 1 saturated heterocycles. The number of rotatable bonds is 7. The smallest absolute Gasteiger partial charge is 0.281 e. The highest BCUT2D eigenvalue weighted by Crippen LogP contribution is 2.23. The number of nitrogens with zero attached hydrogens (tertiary/aromatic N) is 2. The van der Waals surface area contributed by atoms with Crippen LogP contribution in [0.2, 0.25) is 0 Å². The third kappa shape index (κ3) is 5.52. The summed E-state index contributed by atoms with van der Waals surface area (Å²) in [7, 11) is -0.599. The molecule has 2 amide bonds. The molecule has 1 unspecified atom stereocenters. The van der Waals surface area contributed by atoms with Gasteiger partial charge in [0.25, 0.3) is 16.1 Å². The van der Waals surface area contributed by atoms with Crippen LogP contribution in [0.5, 0.6) is 0 Å². The van der Waals surface area contributed by atoms with E-state index in [9.17, 15) is 18.0 Å². The van der Waals surface area contributed by atoms with E-state index in [0.717, 1.165) is 4.31 Å². The van der Waals surface area contributed by atoms with Crippen molar-refractivity contribution < 1.29 is 18.0 Å². The zero-order chi connectivity index (χ0) is 20.9. The molecule has 9 heteroatoms. The third-order valence-electron chi connectivity index (χ3n) is 4.64. The summed E-state index contributed by atoms with van der Waals surface area (Å²) in [5.41, 5.74) is 0.825. The van der Waals surface area contributed by atoms with Crippen molar-refractivity contribution in [3.05, 3.63) is 29.8 Å². The zero-order valence-electron chi connectivity index (χ0n) is 16.9. The minimum atomic E-state index is -3.55. The molecule has 0 saturated carbocycles. The largest absolute Gasteiger partial charge is 0.352 e. The lowest BCUT2D eigenvalue weighted by atomic mass is 9.98. The van der Waals surface area contributed by atoms with Gasteiger partial charge in [0.05, 0.1) is 17.2 Å². The van der Waals surface area contributed by atoms with Crippen molar-refractivity contribution in [1.82, 2.24) is 13.9 Å². The van der Waals surface area contributed by atoms with E-state index in [0.29, 0.717) is 43.1 Å². The van der Waals surface area contributed by atoms with Crippen molar-refractivity contribution >= 4 is 27.7 Å². The predicted octanol–water partition coefficient (Wildman–Crippen LogP) is 1.53. The molecule has 0 radical (unpaired) electrons. The highest BCUT2D eigenvalue weighted by atomic mass is 32.2. The normalized spacial score (nSPS) is 18.3. The molecule has 2 rings (SSSR count). The van der Waals surface area contributed by atoms with Crippen LogP contribution in [-0.4, -0.2) is 62.6 Å². The fourth-order valence-electron chi connectivity index (χ4n) is 3.01. The van der Waals surface area contributed by atoms with Crippen LogP contribution in [0.15, 0.2) is 24.3 Å². The molecule has 1 aliphatic heterocycles. The molecular formula is C19H30N4O4S. The van der Waals surface area contributed by atoms with Gasteiger partial charge in [-0.1, -0.05) is 26.0 Å². The quantitative estimate of drug-likeness (QED) is 0.712. The standard InChI is InChI=1S/C19H30N4O4S/c1-14(2)12-20-19(25)16-9-5-6-10-17(16)21-18(24)15-8-7-11-23(13-15)28(26,27)22(3)4/h5-6,9-10,14-15H,7-8,11-13H2,1-4H3,(H,20,25)(H,21,24). The molecule has 1 fully saturated rings. The van der Waals surface area contributed by atoms with Gasteiger partial charge in [-0.15, -0.1) is 0 Å². The Hall–Kier alpha value is -1.97. The molecule has 0 spiro atoms. The first-order valence-corrected chi connectivity index (χ1v) is 10.9. The van der Waals surface area contributed by atoms with Crippen molar-refractivity contribution in [2.75, 3.05) is 39.0 Å². The van der Waals surface area contributed by atoms with Crippen molar-refractivity contribution in [1.29, 1.82) is 0 Å². The Bertz CT molecular complexity index is 808. The van der Waals surface area contributed by atoms with Gasteiger partial charge in [-0.3, -0.25) is 9.59 Å². The van der Waals surface area contributed by atoms with E-state index in [2.05, 4.69) is 10.6 Å². The van der Waals surface area contributed by atoms with Gasteiger partial charge in [-0.25, -0.2) is 0 Å². The molecule has 0 bridgehead atoms. The lowest BCUT2D eigenvalue weighted by Crippen LogP contribution is -2.47. The Morgan fingerprint density at radius 1 is 1.25 bits per heavy atom. The molecule has 1 aromatic rings. The number of hydrogen-bond donors (Lipinski definition) is 2. The number of nitrogens with one attached hydrogen (secondary N) is 2. The van der Waals surface area contributed by atoms with Crippen LogP contribution >= 0.6 is 0 Å². The topological polar surface area (TPSA) is 98.8 Å². The van der Waals surface area contributed by atoms with Gasteiger partial charge in [-0.2, -0.15) is 17.0 Å². The van der Waals surface area contributed by atoms with Crippen molar-refractivity contribution in [3.63, 3.8) is 0 Å². The second-order valence-electron chi connectivity index (χ2n) is 7.63. The lowest BCUT2D eigenvalue weighted by Gasteiger charge is -2.32. The second-order valence-corrected chi connectivity index (χ2v) is 9.77. The van der Waals surface area contributed by atoms with Gasteiger partial charge in [0.15, 0.2) is 0 Å². The molecular weight excluding hydrogens is 380 g/mol. The van der Waals surface area contributed by atoms with Crippen LogP contribution in [0.4, 0.5) is 5.69 Å². The SMILES string of the molecule is CC(C)CNC(=O)c1ccccc1NC(=O)C1CCCN(S(=O)(=O)N(C)C)C1. The van der Waals surface area contributed by atoms with Crippen LogP contribution in [0.3, 0.4) is 0 Å². The molecule has 156 valence electrons. The Morgan fingerprint density at radius 2 is 1.93 bits per heavy atom. The number of benzene rings is 1. The number of carbonyl (C=O) groups excluding carboxylic acids is 2. The maximum Gasteiger partial charge on any atom is 0.281 e. The number of anilines is 1. The summed E-state index contributed by atoms with van der Waals surface area (Å²) >= 11 is 0. The summed E-state index contributed by atoms with van der Waals surface area (Å²) in [5.74, 6) is -0.666. The molecule has 28 heavy (non-hydrogen) atoms. The Kier molecular flexibility index (Phi) is 7.56. The third-order valence-corrected chi connectivity index (χ3v) is 6.55. The van der Waals surface area contributed by atoms with E-state index < -0.39 is 16.1 Å². The molecule has 0 aliphatic carbocycles. The first kappa shape index (κ1) is 22.3. The minimum absolute atomic E-state index is 0.133. The van der Waals surface area contributed by atoms with Gasteiger partial charge in [0.2, 0.25) is 5.91 Å². The number of hydrogen-bond acceptors (Lipinski definition) is 4. The predicted molar refractivity (Wildman–Crippen MR) is 109 cm³/mol. The summed E-state index contributed by atoms with van der Waals surface area (Å²) in [6.45, 7) is 5.09. The second kappa shape index (κ2) is 9.49. The van der Waals surface area contributed by atoms with E-state index in [4.69, 9.17) is 0 Å². The summed E-state index contributed by atoms with van der Waals surface area (Å²) in [5, 5.41) is 5.66. The molecule has 1 aliphatic rings. The van der Waals surface area contributed by atoms with Crippen LogP contribution in [0.1, 0.15) is 37.0 Å². The number of para-hydroxylation sites is 1. The molecule has 1 heterocycles. The summed E-state index contributed by atoms with van der Waals surface area (Å²) in [6.07, 6.45) is 1.22. The van der Waals surface area contributed by atoms with E-state index in [1.165, 1.54) is 18.4 Å². The first-order chi connectivity index (χ1) is 13.1. The maximum absolute atomic E-state index is 12.8. The summed E-state index contributed by atoms with van der Waals surface area (Å²) < 4.78 is 27.2. The zero-order valence-corrected chi connectivity index (χ0v) is 17.8. The van der Waals surface area contributed by atoms with E-state index in [-0.39, 0.29) is 18.4 Å². The van der Waals surface area contributed by atoms with Gasteiger partial charge >= 0.3 is 0 Å². The van der Waals surface area contributed by atoms with Crippen LogP contribution in [0, 0.1) is 11.8 Å². The number of amides is 2. The average molecular weight is 411 g/mol. The van der Waals surface area contributed by atoms with Crippen LogP contribution in [-0.2, 0) is 15.0 Å². The van der Waals surface area contributed by atoms with E-state index in [1.54, 1.807) is 24.3 Å².